The molecule has 0 aromatic carbocycles. The van der Waals surface area contributed by atoms with Gasteiger partial charge in [-0.05, 0) is 20.4 Å². The third-order valence-electron chi connectivity index (χ3n) is 3.00. The molecule has 1 saturated heterocycles. The van der Waals surface area contributed by atoms with Crippen molar-refractivity contribution in [1.29, 1.82) is 0 Å². The molecular formula is C12H26N2O2. The molecule has 1 N–H and O–H groups in total. The van der Waals surface area contributed by atoms with E-state index < -0.39 is 0 Å². The summed E-state index contributed by atoms with van der Waals surface area (Å²) in [5.41, 5.74) is 0. The van der Waals surface area contributed by atoms with Crippen LogP contribution in [-0.2, 0) is 4.74 Å². The minimum absolute atomic E-state index is 0.201. The van der Waals surface area contributed by atoms with Gasteiger partial charge in [0.1, 0.15) is 0 Å². The molecule has 0 aliphatic carbocycles. The number of ether oxygens (including phenoxy) is 1. The molecule has 1 rings (SSSR count). The highest BCUT2D eigenvalue weighted by Gasteiger charge is 2.18. The zero-order valence-electron chi connectivity index (χ0n) is 10.9. The van der Waals surface area contributed by atoms with E-state index in [0.717, 1.165) is 39.3 Å². The van der Waals surface area contributed by atoms with Gasteiger partial charge in [-0.1, -0.05) is 6.92 Å². The highest BCUT2D eigenvalue weighted by molar-refractivity contribution is 4.73. The van der Waals surface area contributed by atoms with E-state index in [9.17, 15) is 5.11 Å². The first kappa shape index (κ1) is 13.9. The Kier molecular flexibility index (Phi) is 6.28. The maximum Gasteiger partial charge on any atom is 0.0900 e. The Hall–Kier alpha value is -0.160. The van der Waals surface area contributed by atoms with Gasteiger partial charge in [-0.15, -0.1) is 0 Å². The lowest BCUT2D eigenvalue weighted by Crippen LogP contribution is -2.48. The summed E-state index contributed by atoms with van der Waals surface area (Å²) < 4.78 is 5.40. The third-order valence-corrected chi connectivity index (χ3v) is 3.00. The molecule has 0 unspecified atom stereocenters. The summed E-state index contributed by atoms with van der Waals surface area (Å²) in [5, 5.41) is 9.79. The summed E-state index contributed by atoms with van der Waals surface area (Å²) in [6.45, 7) is 12.9. The van der Waals surface area contributed by atoms with E-state index in [4.69, 9.17) is 4.74 Å². The van der Waals surface area contributed by atoms with E-state index >= 15 is 0 Å². The predicted octanol–water partition coefficient (Wildman–Crippen LogP) is 0.410. The lowest BCUT2D eigenvalue weighted by Gasteiger charge is -2.35. The second-order valence-electron chi connectivity index (χ2n) is 4.77. The molecule has 0 aromatic heterocycles. The van der Waals surface area contributed by atoms with Crippen LogP contribution in [0.1, 0.15) is 20.8 Å². The SMILES string of the molecule is CCN1CCN(C[C@@H](O)COC(C)C)CC1. The normalized spacial score (nSPS) is 21.6. The van der Waals surface area contributed by atoms with E-state index in [2.05, 4.69) is 16.7 Å². The molecule has 0 aromatic rings. The maximum atomic E-state index is 9.79. The van der Waals surface area contributed by atoms with Crippen LogP contribution in [0, 0.1) is 0 Å². The summed E-state index contributed by atoms with van der Waals surface area (Å²) in [4.78, 5) is 4.76. The van der Waals surface area contributed by atoms with Crippen molar-refractivity contribution in [2.45, 2.75) is 33.0 Å². The molecule has 0 spiro atoms. The maximum absolute atomic E-state index is 9.79. The van der Waals surface area contributed by atoms with Crippen molar-refractivity contribution in [1.82, 2.24) is 9.80 Å². The summed E-state index contributed by atoms with van der Waals surface area (Å²) >= 11 is 0. The quantitative estimate of drug-likeness (QED) is 0.717. The highest BCUT2D eigenvalue weighted by atomic mass is 16.5. The van der Waals surface area contributed by atoms with Gasteiger partial charge in [-0.25, -0.2) is 0 Å². The first-order valence-electron chi connectivity index (χ1n) is 6.36. The molecule has 4 nitrogen and oxygen atoms in total. The largest absolute Gasteiger partial charge is 0.389 e. The molecule has 16 heavy (non-hydrogen) atoms. The number of nitrogens with zero attached hydrogens (tertiary/aromatic N) is 2. The Morgan fingerprint density at radius 2 is 1.69 bits per heavy atom. The number of β-amino-alcohol motifs (C(OH)–C–C–N with tert-alkyl or cyclic N) is 1. The molecule has 0 bridgehead atoms. The lowest BCUT2D eigenvalue weighted by atomic mass is 10.2. The molecule has 0 saturated carbocycles. The minimum Gasteiger partial charge on any atom is -0.389 e. The fraction of sp³-hybridized carbons (Fsp3) is 1.00. The van der Waals surface area contributed by atoms with Crippen LogP contribution in [-0.4, -0.2) is 73.0 Å². The summed E-state index contributed by atoms with van der Waals surface area (Å²) in [6.07, 6.45) is -0.151. The highest BCUT2D eigenvalue weighted by Crippen LogP contribution is 2.03. The van der Waals surface area contributed by atoms with E-state index in [1.807, 2.05) is 13.8 Å². The Morgan fingerprint density at radius 1 is 1.12 bits per heavy atom. The second-order valence-corrected chi connectivity index (χ2v) is 4.77. The number of hydrogen-bond acceptors (Lipinski definition) is 4. The zero-order chi connectivity index (χ0) is 12.0. The van der Waals surface area contributed by atoms with Crippen molar-refractivity contribution < 1.29 is 9.84 Å². The van der Waals surface area contributed by atoms with Crippen LogP contribution in [0.15, 0.2) is 0 Å². The Bertz CT molecular complexity index is 180. The molecule has 4 heteroatoms. The van der Waals surface area contributed by atoms with E-state index in [1.165, 1.54) is 0 Å². The summed E-state index contributed by atoms with van der Waals surface area (Å²) in [5.74, 6) is 0. The molecule has 1 fully saturated rings. The van der Waals surface area contributed by atoms with Crippen molar-refractivity contribution in [3.8, 4) is 0 Å². The van der Waals surface area contributed by atoms with Gasteiger partial charge >= 0.3 is 0 Å². The van der Waals surface area contributed by atoms with Crippen LogP contribution < -0.4 is 0 Å². The molecule has 1 atom stereocenters. The Morgan fingerprint density at radius 3 is 2.19 bits per heavy atom. The Labute approximate surface area is 99.2 Å². The molecule has 0 amide bonds. The van der Waals surface area contributed by atoms with E-state index in [1.54, 1.807) is 0 Å². The lowest BCUT2D eigenvalue weighted by molar-refractivity contribution is -0.0142. The fourth-order valence-electron chi connectivity index (χ4n) is 1.94. The van der Waals surface area contributed by atoms with Crippen molar-refractivity contribution in [3.63, 3.8) is 0 Å². The minimum atomic E-state index is -0.351. The molecule has 0 radical (unpaired) electrons. The van der Waals surface area contributed by atoms with Gasteiger partial charge in [0.2, 0.25) is 0 Å². The van der Waals surface area contributed by atoms with Crippen LogP contribution in [0.2, 0.25) is 0 Å². The van der Waals surface area contributed by atoms with Gasteiger partial charge in [0, 0.05) is 32.7 Å². The van der Waals surface area contributed by atoms with Gasteiger partial charge < -0.3 is 14.7 Å². The van der Waals surface area contributed by atoms with Crippen LogP contribution in [0.3, 0.4) is 0 Å². The number of piperazine rings is 1. The fourth-order valence-corrected chi connectivity index (χ4v) is 1.94. The molecule has 1 aliphatic heterocycles. The summed E-state index contributed by atoms with van der Waals surface area (Å²) in [6, 6.07) is 0. The molecule has 1 aliphatic rings. The van der Waals surface area contributed by atoms with Crippen molar-refractivity contribution in [2.75, 3.05) is 45.9 Å². The smallest absolute Gasteiger partial charge is 0.0900 e. The van der Waals surface area contributed by atoms with Gasteiger partial charge in [-0.3, -0.25) is 4.90 Å². The van der Waals surface area contributed by atoms with Crippen LogP contribution in [0.4, 0.5) is 0 Å². The monoisotopic (exact) mass is 230 g/mol. The molecular weight excluding hydrogens is 204 g/mol. The summed E-state index contributed by atoms with van der Waals surface area (Å²) in [7, 11) is 0. The average molecular weight is 230 g/mol. The predicted molar refractivity (Wildman–Crippen MR) is 65.6 cm³/mol. The number of hydrogen-bond donors (Lipinski definition) is 1. The topological polar surface area (TPSA) is 35.9 Å². The van der Waals surface area contributed by atoms with Gasteiger partial charge in [0.25, 0.3) is 0 Å². The van der Waals surface area contributed by atoms with E-state index in [-0.39, 0.29) is 12.2 Å². The van der Waals surface area contributed by atoms with Crippen LogP contribution >= 0.6 is 0 Å². The number of aliphatic hydroxyl groups excluding tert-OH is 1. The Balaban J connectivity index is 2.13. The van der Waals surface area contributed by atoms with Crippen molar-refractivity contribution in [3.05, 3.63) is 0 Å². The van der Waals surface area contributed by atoms with Gasteiger partial charge in [0.15, 0.2) is 0 Å². The first-order valence-corrected chi connectivity index (χ1v) is 6.36. The first-order chi connectivity index (χ1) is 7.61. The van der Waals surface area contributed by atoms with Crippen LogP contribution in [0.25, 0.3) is 0 Å². The van der Waals surface area contributed by atoms with Gasteiger partial charge in [-0.2, -0.15) is 0 Å². The third kappa shape index (κ3) is 5.25. The zero-order valence-corrected chi connectivity index (χ0v) is 10.9. The number of rotatable bonds is 6. The average Bonchev–Trinajstić information content (AvgIpc) is 2.27. The molecule has 96 valence electrons. The van der Waals surface area contributed by atoms with Crippen molar-refractivity contribution >= 4 is 0 Å². The molecule has 1 heterocycles. The number of aliphatic hydroxyl groups is 1. The second kappa shape index (κ2) is 7.22. The van der Waals surface area contributed by atoms with Crippen molar-refractivity contribution in [2.24, 2.45) is 0 Å². The van der Waals surface area contributed by atoms with E-state index in [0.29, 0.717) is 6.61 Å². The standard InChI is InChI=1S/C12H26N2O2/c1-4-13-5-7-14(8-6-13)9-12(15)10-16-11(2)3/h11-12,15H,4-10H2,1-3H3/t12-/m1/s1. The number of likely N-dealkylation sites (N-methyl/N-ethyl adjacent to an activating group) is 1. The van der Waals surface area contributed by atoms with Gasteiger partial charge in [0.05, 0.1) is 18.8 Å². The van der Waals surface area contributed by atoms with Crippen LogP contribution in [0.5, 0.6) is 0 Å².